The van der Waals surface area contributed by atoms with E-state index in [2.05, 4.69) is 39.8 Å². The molecule has 5 nitrogen and oxygen atoms in total. The second kappa shape index (κ2) is 8.76. The highest BCUT2D eigenvalue weighted by Crippen LogP contribution is 2.18. The Balaban J connectivity index is 1.61. The average Bonchev–Trinajstić information content (AvgIpc) is 3.19. The number of hydrogen-bond acceptors (Lipinski definition) is 3. The van der Waals surface area contributed by atoms with Gasteiger partial charge in [-0.25, -0.2) is 5.43 Å². The minimum absolute atomic E-state index is 0.331. The van der Waals surface area contributed by atoms with E-state index in [1.54, 1.807) is 12.3 Å². The van der Waals surface area contributed by atoms with Crippen LogP contribution in [0.3, 0.4) is 0 Å². The summed E-state index contributed by atoms with van der Waals surface area (Å²) >= 11 is 0. The zero-order valence-electron chi connectivity index (χ0n) is 15.4. The van der Waals surface area contributed by atoms with Gasteiger partial charge in [-0.05, 0) is 36.1 Å². The van der Waals surface area contributed by atoms with Gasteiger partial charge in [-0.3, -0.25) is 9.89 Å². The molecule has 0 saturated carbocycles. The Labute approximate surface area is 158 Å². The summed E-state index contributed by atoms with van der Waals surface area (Å²) in [5.41, 5.74) is 7.86. The van der Waals surface area contributed by atoms with Crippen molar-refractivity contribution in [3.05, 3.63) is 83.1 Å². The maximum Gasteiger partial charge on any atom is 0.289 e. The molecule has 2 N–H and O–H groups in total. The Kier molecular flexibility index (Phi) is 5.94. The van der Waals surface area contributed by atoms with Crippen molar-refractivity contribution in [2.75, 3.05) is 0 Å². The van der Waals surface area contributed by atoms with Crippen molar-refractivity contribution >= 4 is 18.2 Å². The predicted octanol–water partition coefficient (Wildman–Crippen LogP) is 4.46. The van der Waals surface area contributed by atoms with E-state index in [4.69, 9.17) is 0 Å². The van der Waals surface area contributed by atoms with Gasteiger partial charge in [0.25, 0.3) is 5.91 Å². The highest BCUT2D eigenvalue weighted by atomic mass is 16.2. The summed E-state index contributed by atoms with van der Waals surface area (Å²) in [6.45, 7) is 4.04. The highest BCUT2D eigenvalue weighted by Gasteiger charge is 2.10. The predicted molar refractivity (Wildman–Crippen MR) is 109 cm³/mol. The van der Waals surface area contributed by atoms with Gasteiger partial charge < -0.3 is 0 Å². The molecular formula is C22H22N4O. The van der Waals surface area contributed by atoms with Crippen LogP contribution >= 0.6 is 0 Å². The summed E-state index contributed by atoms with van der Waals surface area (Å²) in [4.78, 5) is 12.2. The fraction of sp³-hybridized carbons (Fsp3) is 0.136. The molecule has 0 radical (unpaired) electrons. The Morgan fingerprint density at radius 1 is 1.15 bits per heavy atom. The number of carbonyl (C=O) groups excluding carboxylic acids is 1. The number of hydrazone groups is 1. The summed E-state index contributed by atoms with van der Waals surface area (Å²) in [5, 5.41) is 11.0. The number of aromatic amines is 1. The van der Waals surface area contributed by atoms with E-state index >= 15 is 0 Å². The molecule has 0 aliphatic carbocycles. The van der Waals surface area contributed by atoms with Crippen molar-refractivity contribution < 1.29 is 4.79 Å². The third kappa shape index (κ3) is 5.01. The van der Waals surface area contributed by atoms with Crippen molar-refractivity contribution in [3.8, 4) is 11.3 Å². The Morgan fingerprint density at radius 3 is 2.59 bits per heavy atom. The third-order valence-corrected chi connectivity index (χ3v) is 4.11. The van der Waals surface area contributed by atoms with Crippen LogP contribution in [0.15, 0.2) is 71.3 Å². The minimum Gasteiger partial charge on any atom is -0.272 e. The van der Waals surface area contributed by atoms with E-state index in [-0.39, 0.29) is 5.91 Å². The molecule has 0 unspecified atom stereocenters. The molecule has 0 spiro atoms. The van der Waals surface area contributed by atoms with Gasteiger partial charge in [0.2, 0.25) is 0 Å². The van der Waals surface area contributed by atoms with Crippen LogP contribution in [0.2, 0.25) is 0 Å². The summed E-state index contributed by atoms with van der Waals surface area (Å²) in [7, 11) is 0. The lowest BCUT2D eigenvalue weighted by Gasteiger charge is -1.98. The van der Waals surface area contributed by atoms with Gasteiger partial charge in [0.1, 0.15) is 5.69 Å². The molecule has 1 heterocycles. The number of H-pyrrole nitrogens is 1. The molecule has 1 amide bonds. The van der Waals surface area contributed by atoms with Crippen molar-refractivity contribution in [3.63, 3.8) is 0 Å². The van der Waals surface area contributed by atoms with E-state index in [1.807, 2.05) is 55.5 Å². The summed E-state index contributed by atoms with van der Waals surface area (Å²) in [6.07, 6.45) is 4.60. The maximum atomic E-state index is 12.2. The van der Waals surface area contributed by atoms with Crippen LogP contribution < -0.4 is 5.43 Å². The van der Waals surface area contributed by atoms with Crippen LogP contribution in [0.1, 0.15) is 35.5 Å². The Morgan fingerprint density at radius 2 is 1.89 bits per heavy atom. The molecule has 0 bridgehead atoms. The summed E-state index contributed by atoms with van der Waals surface area (Å²) in [5.74, 6) is -0.331. The molecule has 136 valence electrons. The van der Waals surface area contributed by atoms with Gasteiger partial charge in [0.15, 0.2) is 0 Å². The largest absolute Gasteiger partial charge is 0.289 e. The topological polar surface area (TPSA) is 70.1 Å². The van der Waals surface area contributed by atoms with Crippen molar-refractivity contribution in [1.29, 1.82) is 0 Å². The molecule has 0 aliphatic heterocycles. The van der Waals surface area contributed by atoms with Gasteiger partial charge in [0.05, 0.1) is 11.9 Å². The lowest BCUT2D eigenvalue weighted by atomic mass is 10.1. The van der Waals surface area contributed by atoms with Crippen molar-refractivity contribution in [2.45, 2.75) is 20.3 Å². The van der Waals surface area contributed by atoms with E-state index in [1.165, 1.54) is 5.56 Å². The molecule has 0 saturated heterocycles. The van der Waals surface area contributed by atoms with Crippen LogP contribution in [-0.2, 0) is 6.42 Å². The molecule has 0 atom stereocenters. The molecule has 1 aromatic heterocycles. The standard InChI is InChI=1S/C22H22N4O/c1-3-17-9-11-19(12-10-17)20-14-21(25-24-20)22(27)26-23-15-16(2)13-18-7-5-4-6-8-18/h4-15H,3H2,1-2H3,(H,24,25)(H,26,27). The monoisotopic (exact) mass is 358 g/mol. The first-order valence-corrected chi connectivity index (χ1v) is 8.87. The van der Waals surface area contributed by atoms with Crippen molar-refractivity contribution in [1.82, 2.24) is 15.6 Å². The number of aryl methyl sites for hydroxylation is 1. The number of amides is 1. The fourth-order valence-corrected chi connectivity index (χ4v) is 2.60. The number of rotatable bonds is 6. The Hall–Kier alpha value is -3.47. The second-order valence-corrected chi connectivity index (χ2v) is 6.22. The van der Waals surface area contributed by atoms with Crippen LogP contribution in [-0.4, -0.2) is 22.3 Å². The van der Waals surface area contributed by atoms with Crippen LogP contribution in [0.4, 0.5) is 0 Å². The number of allylic oxidation sites excluding steroid dienone is 1. The molecule has 0 fully saturated rings. The van der Waals surface area contributed by atoms with E-state index in [0.717, 1.165) is 28.8 Å². The van der Waals surface area contributed by atoms with Gasteiger partial charge in [-0.2, -0.15) is 10.2 Å². The minimum atomic E-state index is -0.331. The van der Waals surface area contributed by atoms with Gasteiger partial charge in [-0.1, -0.05) is 67.6 Å². The second-order valence-electron chi connectivity index (χ2n) is 6.22. The molecule has 3 rings (SSSR count). The average molecular weight is 358 g/mol. The number of hydrogen-bond donors (Lipinski definition) is 2. The SMILES string of the molecule is CCc1ccc(-c2cc(C(=O)NN=CC(C)=Cc3ccccc3)[nH]n2)cc1. The van der Waals surface area contributed by atoms with Crippen molar-refractivity contribution in [2.24, 2.45) is 5.10 Å². The van der Waals surface area contributed by atoms with E-state index < -0.39 is 0 Å². The smallest absolute Gasteiger partial charge is 0.272 e. The summed E-state index contributed by atoms with van der Waals surface area (Å²) < 4.78 is 0. The number of nitrogens with one attached hydrogen (secondary N) is 2. The van der Waals surface area contributed by atoms with E-state index in [9.17, 15) is 4.79 Å². The fourth-order valence-electron chi connectivity index (χ4n) is 2.60. The van der Waals surface area contributed by atoms with Crippen LogP contribution in [0.25, 0.3) is 17.3 Å². The highest BCUT2D eigenvalue weighted by molar-refractivity contribution is 5.94. The van der Waals surface area contributed by atoms with E-state index in [0.29, 0.717) is 5.69 Å². The number of aromatic nitrogens is 2. The van der Waals surface area contributed by atoms with Crippen LogP contribution in [0, 0.1) is 0 Å². The molecule has 27 heavy (non-hydrogen) atoms. The van der Waals surface area contributed by atoms with Gasteiger partial charge in [-0.15, -0.1) is 0 Å². The maximum absolute atomic E-state index is 12.2. The first-order chi connectivity index (χ1) is 13.2. The normalized spacial score (nSPS) is 11.7. The first-order valence-electron chi connectivity index (χ1n) is 8.87. The number of carbonyl (C=O) groups is 1. The van der Waals surface area contributed by atoms with Gasteiger partial charge in [0, 0.05) is 5.56 Å². The number of benzene rings is 2. The van der Waals surface area contributed by atoms with Gasteiger partial charge >= 0.3 is 0 Å². The molecule has 3 aromatic rings. The van der Waals surface area contributed by atoms with Crippen LogP contribution in [0.5, 0.6) is 0 Å². The number of nitrogens with zero attached hydrogens (tertiary/aromatic N) is 2. The molecule has 5 heteroatoms. The third-order valence-electron chi connectivity index (χ3n) is 4.11. The Bertz CT molecular complexity index is 953. The lowest BCUT2D eigenvalue weighted by molar-refractivity contribution is 0.0950. The zero-order chi connectivity index (χ0) is 19.1. The first kappa shape index (κ1) is 18.3. The molecule has 0 aliphatic rings. The quantitative estimate of drug-likeness (QED) is 0.504. The molecular weight excluding hydrogens is 336 g/mol. The lowest BCUT2D eigenvalue weighted by Crippen LogP contribution is -2.17. The zero-order valence-corrected chi connectivity index (χ0v) is 15.4. The summed E-state index contributed by atoms with van der Waals surface area (Å²) in [6, 6.07) is 19.8. The molecule has 2 aromatic carbocycles.